The molecule has 1 fully saturated rings. The molecule has 1 N–H and O–H groups in total. The van der Waals surface area contributed by atoms with Crippen molar-refractivity contribution >= 4 is 12.0 Å². The predicted molar refractivity (Wildman–Crippen MR) is 105 cm³/mol. The van der Waals surface area contributed by atoms with Crippen LogP contribution in [0.3, 0.4) is 0 Å². The number of esters is 1. The van der Waals surface area contributed by atoms with Crippen LogP contribution < -0.4 is 4.74 Å². The van der Waals surface area contributed by atoms with Gasteiger partial charge in [-0.25, -0.2) is 4.79 Å². The van der Waals surface area contributed by atoms with E-state index in [1.54, 1.807) is 12.1 Å². The van der Waals surface area contributed by atoms with Crippen molar-refractivity contribution in [3.05, 3.63) is 41.5 Å². The van der Waals surface area contributed by atoms with Gasteiger partial charge in [0.15, 0.2) is 5.79 Å². The van der Waals surface area contributed by atoms with Gasteiger partial charge in [-0.05, 0) is 45.2 Å². The number of benzene rings is 1. The maximum absolute atomic E-state index is 12.6. The summed E-state index contributed by atoms with van der Waals surface area (Å²) in [6.45, 7) is 5.64. The molecule has 6 nitrogen and oxygen atoms in total. The molecule has 28 heavy (non-hydrogen) atoms. The lowest BCUT2D eigenvalue weighted by Gasteiger charge is -2.16. The van der Waals surface area contributed by atoms with Crippen molar-refractivity contribution in [2.24, 2.45) is 0 Å². The lowest BCUT2D eigenvalue weighted by Crippen LogP contribution is -2.21. The molecular weight excluding hydrogens is 360 g/mol. The zero-order valence-corrected chi connectivity index (χ0v) is 16.8. The molecule has 2 aliphatic rings. The molecule has 6 heteroatoms. The number of ether oxygens (including phenoxy) is 4. The summed E-state index contributed by atoms with van der Waals surface area (Å²) in [5.41, 5.74) is 0.700. The molecule has 1 aromatic rings. The number of allylic oxidation sites excluding steroid dienone is 1. The third-order valence-electron chi connectivity index (χ3n) is 4.80. The highest BCUT2D eigenvalue weighted by molar-refractivity contribution is 5.97. The first-order valence-corrected chi connectivity index (χ1v) is 9.60. The number of rotatable bonds is 1. The molecule has 1 aromatic carbocycles. The molecule has 0 bridgehead atoms. The van der Waals surface area contributed by atoms with Crippen LogP contribution >= 0.6 is 0 Å². The van der Waals surface area contributed by atoms with Gasteiger partial charge >= 0.3 is 5.97 Å². The Hall–Kier alpha value is -2.31. The van der Waals surface area contributed by atoms with Crippen molar-refractivity contribution in [3.63, 3.8) is 0 Å². The number of carbonyl (C=O) groups excluding carboxylic acids is 1. The fourth-order valence-corrected chi connectivity index (χ4v) is 3.51. The molecule has 1 saturated heterocycles. The topological polar surface area (TPSA) is 74.2 Å². The standard InChI is InChI=1S/C22H28O6/c1-14-8-7-11-19-18(27-22(2,3)28-19)10-6-5-9-15-12-16(25-4)13-17(23)20(15)21(24)26-14/h5,7,9,11-14,18-19,23H,6,8,10H2,1-4H3/b9-5+,11-7+/t14-,18-,19-/m0/s1. The largest absolute Gasteiger partial charge is 0.507 e. The molecule has 0 aromatic heterocycles. The lowest BCUT2D eigenvalue weighted by atomic mass is 10.0. The first-order chi connectivity index (χ1) is 13.3. The molecule has 0 unspecified atom stereocenters. The summed E-state index contributed by atoms with van der Waals surface area (Å²) < 4.78 is 22.8. The number of aromatic hydroxyl groups is 1. The Kier molecular flexibility index (Phi) is 6.10. The zero-order valence-electron chi connectivity index (χ0n) is 16.8. The molecule has 152 valence electrons. The van der Waals surface area contributed by atoms with E-state index in [0.717, 1.165) is 12.8 Å². The average Bonchev–Trinajstić information content (AvgIpc) is 2.91. The molecule has 3 atom stereocenters. The van der Waals surface area contributed by atoms with E-state index >= 15 is 0 Å². The molecule has 0 saturated carbocycles. The average molecular weight is 388 g/mol. The normalized spacial score (nSPS) is 29.7. The van der Waals surface area contributed by atoms with E-state index in [9.17, 15) is 9.90 Å². The van der Waals surface area contributed by atoms with Crippen LogP contribution in [0.15, 0.2) is 30.4 Å². The zero-order chi connectivity index (χ0) is 20.3. The smallest absolute Gasteiger partial charge is 0.342 e. The van der Waals surface area contributed by atoms with E-state index in [2.05, 4.69) is 0 Å². The number of hydrogen-bond acceptors (Lipinski definition) is 6. The minimum absolute atomic E-state index is 0.0464. The Morgan fingerprint density at radius 2 is 2.00 bits per heavy atom. The van der Waals surface area contributed by atoms with Crippen LogP contribution in [0.25, 0.3) is 6.08 Å². The highest BCUT2D eigenvalue weighted by atomic mass is 16.7. The Morgan fingerprint density at radius 1 is 1.21 bits per heavy atom. The van der Waals surface area contributed by atoms with Gasteiger partial charge in [-0.2, -0.15) is 0 Å². The van der Waals surface area contributed by atoms with E-state index in [-0.39, 0.29) is 29.6 Å². The second-order valence-electron chi connectivity index (χ2n) is 7.61. The summed E-state index contributed by atoms with van der Waals surface area (Å²) in [4.78, 5) is 12.6. The quantitative estimate of drug-likeness (QED) is 0.574. The van der Waals surface area contributed by atoms with Crippen LogP contribution in [-0.2, 0) is 14.2 Å². The van der Waals surface area contributed by atoms with Crippen LogP contribution in [0.5, 0.6) is 11.5 Å². The van der Waals surface area contributed by atoms with Crippen molar-refractivity contribution in [3.8, 4) is 11.5 Å². The minimum Gasteiger partial charge on any atom is -0.507 e. The molecule has 3 rings (SSSR count). The van der Waals surface area contributed by atoms with Gasteiger partial charge in [0, 0.05) is 12.5 Å². The Labute approximate surface area is 165 Å². The van der Waals surface area contributed by atoms with E-state index in [1.807, 2.05) is 39.0 Å². The Morgan fingerprint density at radius 3 is 2.75 bits per heavy atom. The van der Waals surface area contributed by atoms with Crippen molar-refractivity contribution < 1.29 is 28.8 Å². The number of hydrogen-bond donors (Lipinski definition) is 1. The first kappa shape index (κ1) is 20.4. The number of fused-ring (bicyclic) bond motifs is 2. The number of cyclic esters (lactones) is 1. The monoisotopic (exact) mass is 388 g/mol. The lowest BCUT2D eigenvalue weighted by molar-refractivity contribution is -0.143. The van der Waals surface area contributed by atoms with Crippen LogP contribution in [0.2, 0.25) is 0 Å². The van der Waals surface area contributed by atoms with Crippen LogP contribution in [0.1, 0.15) is 56.0 Å². The first-order valence-electron chi connectivity index (χ1n) is 9.60. The van der Waals surface area contributed by atoms with E-state index in [4.69, 9.17) is 18.9 Å². The van der Waals surface area contributed by atoms with Gasteiger partial charge in [0.25, 0.3) is 0 Å². The molecular formula is C22H28O6. The van der Waals surface area contributed by atoms with Gasteiger partial charge in [-0.15, -0.1) is 0 Å². The van der Waals surface area contributed by atoms with Crippen molar-refractivity contribution in [1.29, 1.82) is 0 Å². The molecule has 0 amide bonds. The van der Waals surface area contributed by atoms with Crippen molar-refractivity contribution in [2.45, 2.75) is 64.1 Å². The van der Waals surface area contributed by atoms with Crippen LogP contribution in [0, 0.1) is 0 Å². The summed E-state index contributed by atoms with van der Waals surface area (Å²) in [7, 11) is 1.51. The summed E-state index contributed by atoms with van der Waals surface area (Å²) in [6, 6.07) is 3.13. The highest BCUT2D eigenvalue weighted by Gasteiger charge is 2.39. The number of phenols is 1. The molecule has 0 spiro atoms. The number of phenolic OH excluding ortho intramolecular Hbond substituents is 1. The minimum atomic E-state index is -0.624. The Bertz CT molecular complexity index is 779. The van der Waals surface area contributed by atoms with Gasteiger partial charge in [0.1, 0.15) is 29.3 Å². The maximum Gasteiger partial charge on any atom is 0.342 e. The van der Waals surface area contributed by atoms with Gasteiger partial charge < -0.3 is 24.1 Å². The SMILES string of the molecule is COc1cc(O)c2c(c1)/C=C/CC[C@@H]1OC(C)(C)O[C@H]1/C=C/C[C@H](C)OC2=O. The Balaban J connectivity index is 1.92. The molecule has 2 heterocycles. The van der Waals surface area contributed by atoms with E-state index in [0.29, 0.717) is 17.7 Å². The summed E-state index contributed by atoms with van der Waals surface area (Å²) >= 11 is 0. The fourth-order valence-electron chi connectivity index (χ4n) is 3.51. The summed E-state index contributed by atoms with van der Waals surface area (Å²) in [5.74, 6) is -0.869. The van der Waals surface area contributed by atoms with Crippen molar-refractivity contribution in [2.75, 3.05) is 7.11 Å². The molecule has 0 aliphatic carbocycles. The highest BCUT2D eigenvalue weighted by Crippen LogP contribution is 2.33. The second-order valence-corrected chi connectivity index (χ2v) is 7.61. The maximum atomic E-state index is 12.6. The predicted octanol–water partition coefficient (Wildman–Crippen LogP) is 4.22. The summed E-state index contributed by atoms with van der Waals surface area (Å²) in [6.07, 6.45) is 9.22. The van der Waals surface area contributed by atoms with Gasteiger partial charge in [0.05, 0.1) is 13.2 Å². The van der Waals surface area contributed by atoms with E-state index in [1.165, 1.54) is 13.2 Å². The third-order valence-corrected chi connectivity index (χ3v) is 4.80. The number of methoxy groups -OCH3 is 1. The molecule has 2 aliphatic heterocycles. The molecule has 0 radical (unpaired) electrons. The van der Waals surface area contributed by atoms with Gasteiger partial charge in [-0.3, -0.25) is 0 Å². The third kappa shape index (κ3) is 4.75. The van der Waals surface area contributed by atoms with E-state index < -0.39 is 11.8 Å². The van der Waals surface area contributed by atoms with Crippen LogP contribution in [0.4, 0.5) is 0 Å². The van der Waals surface area contributed by atoms with Gasteiger partial charge in [-0.1, -0.05) is 24.3 Å². The number of carbonyl (C=O) groups is 1. The van der Waals surface area contributed by atoms with Crippen LogP contribution in [-0.4, -0.2) is 42.3 Å². The second kappa shape index (κ2) is 8.37. The summed E-state index contributed by atoms with van der Waals surface area (Å²) in [5, 5.41) is 10.3. The fraction of sp³-hybridized carbons (Fsp3) is 0.500. The van der Waals surface area contributed by atoms with Gasteiger partial charge in [0.2, 0.25) is 0 Å². The van der Waals surface area contributed by atoms with Crippen molar-refractivity contribution in [1.82, 2.24) is 0 Å².